The lowest BCUT2D eigenvalue weighted by Crippen LogP contribution is -2.31. The van der Waals surface area contributed by atoms with Crippen molar-refractivity contribution in [3.05, 3.63) is 24.3 Å². The van der Waals surface area contributed by atoms with Crippen molar-refractivity contribution in [3.8, 4) is 0 Å². The minimum atomic E-state index is -0.935. The van der Waals surface area contributed by atoms with Gasteiger partial charge in [0, 0.05) is 6.42 Å². The highest BCUT2D eigenvalue weighted by Gasteiger charge is 2.21. The number of hydrogen-bond donors (Lipinski definition) is 0. The number of allylic oxidation sites excluding steroid dienone is 4. The Morgan fingerprint density at radius 2 is 0.857 bits per heavy atom. The van der Waals surface area contributed by atoms with Crippen molar-refractivity contribution in [2.24, 2.45) is 0 Å². The van der Waals surface area contributed by atoms with Gasteiger partial charge in [0.2, 0.25) is 0 Å². The van der Waals surface area contributed by atoms with Gasteiger partial charge < -0.3 is 28.6 Å². The van der Waals surface area contributed by atoms with E-state index < -0.39 is 24.4 Å². The molecule has 0 aromatic heterocycles. The number of unbranched alkanes of at least 4 members (excludes halogenated alkanes) is 22. The summed E-state index contributed by atoms with van der Waals surface area (Å²) in [6.07, 6.45) is 41.2. The summed E-state index contributed by atoms with van der Waals surface area (Å²) in [6, 6.07) is 0. The van der Waals surface area contributed by atoms with E-state index in [1.54, 1.807) is 0 Å². The van der Waals surface area contributed by atoms with Gasteiger partial charge in [0.1, 0.15) is 13.2 Å². The predicted octanol–water partition coefficient (Wildman–Crippen LogP) is 13.4. The molecule has 0 aliphatic carbocycles. The lowest BCUT2D eigenvalue weighted by Gasteiger charge is -2.18. The molecule has 0 amide bonds. The average molecular weight is 792 g/mol. The number of esters is 1. The second kappa shape index (κ2) is 40.6. The van der Waals surface area contributed by atoms with E-state index in [-0.39, 0.29) is 32.8 Å². The Morgan fingerprint density at radius 1 is 0.482 bits per heavy atom. The Labute approximate surface area is 343 Å². The Bertz CT molecular complexity index is 906. The topological polar surface area (TPSA) is 101 Å². The number of ether oxygens (including phenoxy) is 5. The molecule has 0 bridgehead atoms. The van der Waals surface area contributed by atoms with Crippen LogP contribution in [0.2, 0.25) is 0 Å². The van der Waals surface area contributed by atoms with E-state index in [1.165, 1.54) is 128 Å². The first-order valence-corrected chi connectivity index (χ1v) is 23.4. The van der Waals surface area contributed by atoms with Crippen LogP contribution in [0.4, 0.5) is 9.59 Å². The zero-order valence-corrected chi connectivity index (χ0v) is 36.3. The first-order valence-electron chi connectivity index (χ1n) is 23.4. The van der Waals surface area contributed by atoms with Gasteiger partial charge >= 0.3 is 18.3 Å². The van der Waals surface area contributed by atoms with E-state index >= 15 is 0 Å². The molecule has 56 heavy (non-hydrogen) atoms. The Hall–Kier alpha value is -2.55. The first kappa shape index (κ1) is 51.5. The first-order chi connectivity index (χ1) is 27.5. The van der Waals surface area contributed by atoms with Gasteiger partial charge in [-0.3, -0.25) is 4.79 Å². The number of nitrogens with zero attached hydrogens (tertiary/aromatic N) is 1. The molecule has 1 saturated heterocycles. The van der Waals surface area contributed by atoms with Crippen LogP contribution < -0.4 is 0 Å². The number of hydrogen-bond acceptors (Lipinski definition) is 9. The third-order valence-electron chi connectivity index (χ3n) is 10.4. The third kappa shape index (κ3) is 35.8. The monoisotopic (exact) mass is 792 g/mol. The highest BCUT2D eigenvalue weighted by molar-refractivity contribution is 5.69. The van der Waals surface area contributed by atoms with Gasteiger partial charge in [-0.25, -0.2) is 9.59 Å². The number of carbonyl (C=O) groups excluding carboxylic acids is 3. The Balaban J connectivity index is 2.18. The second-order valence-corrected chi connectivity index (χ2v) is 15.8. The van der Waals surface area contributed by atoms with Gasteiger partial charge in [0.15, 0.2) is 6.10 Å². The Morgan fingerprint density at radius 3 is 1.27 bits per heavy atom. The third-order valence-corrected chi connectivity index (χ3v) is 10.4. The molecule has 0 atom stereocenters. The number of carbonyl (C=O) groups is 3. The zero-order valence-electron chi connectivity index (χ0n) is 36.3. The average Bonchev–Trinajstić information content (AvgIpc) is 3.72. The molecule has 0 spiro atoms. The molecule has 0 aromatic rings. The van der Waals surface area contributed by atoms with E-state index in [0.717, 1.165) is 71.0 Å². The van der Waals surface area contributed by atoms with Crippen LogP contribution in [0.15, 0.2) is 24.3 Å². The molecule has 1 aliphatic rings. The van der Waals surface area contributed by atoms with Gasteiger partial charge in [-0.05, 0) is 103 Å². The molecule has 1 rings (SSSR count). The maximum atomic E-state index is 12.6. The maximum absolute atomic E-state index is 12.6. The van der Waals surface area contributed by atoms with Crippen molar-refractivity contribution in [2.45, 2.75) is 213 Å². The van der Waals surface area contributed by atoms with Crippen LogP contribution in [0, 0.1) is 0 Å². The summed E-state index contributed by atoms with van der Waals surface area (Å²) in [5, 5.41) is 0. The minimum Gasteiger partial charge on any atom is -0.455 e. The van der Waals surface area contributed by atoms with Crippen molar-refractivity contribution in [2.75, 3.05) is 46.1 Å². The van der Waals surface area contributed by atoms with Gasteiger partial charge in [0.05, 0.1) is 13.2 Å². The van der Waals surface area contributed by atoms with Crippen molar-refractivity contribution < 1.29 is 38.1 Å². The molecule has 1 fully saturated rings. The number of likely N-dealkylation sites (tertiary alicyclic amines) is 1. The molecule has 0 unspecified atom stereocenters. The van der Waals surface area contributed by atoms with Gasteiger partial charge in [-0.2, -0.15) is 0 Å². The minimum absolute atomic E-state index is 0.244. The van der Waals surface area contributed by atoms with E-state index in [9.17, 15) is 14.4 Å². The van der Waals surface area contributed by atoms with E-state index in [0.29, 0.717) is 6.42 Å². The Kier molecular flexibility index (Phi) is 37.4. The fourth-order valence-electron chi connectivity index (χ4n) is 6.88. The van der Waals surface area contributed by atoms with Crippen molar-refractivity contribution >= 4 is 18.3 Å². The van der Waals surface area contributed by atoms with Crippen LogP contribution in [-0.2, 0) is 28.5 Å². The summed E-state index contributed by atoms with van der Waals surface area (Å²) < 4.78 is 26.6. The van der Waals surface area contributed by atoms with Crippen molar-refractivity contribution in [1.82, 2.24) is 4.90 Å². The molecular formula is C47H85NO8. The maximum Gasteiger partial charge on any atom is 0.508 e. The smallest absolute Gasteiger partial charge is 0.455 e. The van der Waals surface area contributed by atoms with Gasteiger partial charge in [0.25, 0.3) is 0 Å². The second-order valence-electron chi connectivity index (χ2n) is 15.8. The standard InChI is InChI=1S/C47H85NO8/c1-3-5-7-9-11-13-15-17-19-21-23-25-27-29-33-40-52-46(50)54-42-44(56-45(49)36-35-39-48-37-31-32-38-48)43-55-47(51)53-41-34-30-28-26-24-22-20-18-16-14-12-10-8-6-4-2/h15-18,44H,3-14,19-43H2,1-2H3. The lowest BCUT2D eigenvalue weighted by atomic mass is 10.1. The van der Waals surface area contributed by atoms with Gasteiger partial charge in [-0.15, -0.1) is 0 Å². The fraction of sp³-hybridized carbons (Fsp3) is 0.851. The molecular weight excluding hydrogens is 707 g/mol. The SMILES string of the molecule is CCCCCCCC=CCCCCCCCCOC(=O)OCC(COC(=O)OCCCCCCCCC=CCCCCCCC)OC(=O)CCCN1CCCC1. The summed E-state index contributed by atoms with van der Waals surface area (Å²) >= 11 is 0. The van der Waals surface area contributed by atoms with Crippen molar-refractivity contribution in [3.63, 3.8) is 0 Å². The van der Waals surface area contributed by atoms with E-state index in [2.05, 4.69) is 43.1 Å². The van der Waals surface area contributed by atoms with E-state index in [1.807, 2.05) is 0 Å². The van der Waals surface area contributed by atoms with Crippen LogP contribution >= 0.6 is 0 Å². The molecule has 0 N–H and O–H groups in total. The van der Waals surface area contributed by atoms with Crippen LogP contribution in [-0.4, -0.2) is 75.3 Å². The zero-order chi connectivity index (χ0) is 40.4. The molecule has 1 aliphatic heterocycles. The largest absolute Gasteiger partial charge is 0.508 e. The van der Waals surface area contributed by atoms with Crippen LogP contribution in [0.25, 0.3) is 0 Å². The molecule has 0 radical (unpaired) electrons. The summed E-state index contributed by atoms with van der Waals surface area (Å²) in [4.78, 5) is 39.5. The van der Waals surface area contributed by atoms with Crippen molar-refractivity contribution in [1.29, 1.82) is 0 Å². The predicted molar refractivity (Wildman–Crippen MR) is 229 cm³/mol. The normalized spacial score (nSPS) is 13.8. The highest BCUT2D eigenvalue weighted by atomic mass is 16.7. The quantitative estimate of drug-likeness (QED) is 0.0261. The van der Waals surface area contributed by atoms with Crippen LogP contribution in [0.1, 0.15) is 206 Å². The van der Waals surface area contributed by atoms with Crippen LogP contribution in [0.3, 0.4) is 0 Å². The summed E-state index contributed by atoms with van der Waals surface area (Å²) in [7, 11) is 0. The highest BCUT2D eigenvalue weighted by Crippen LogP contribution is 2.13. The molecule has 326 valence electrons. The molecule has 0 aromatic carbocycles. The summed E-state index contributed by atoms with van der Waals surface area (Å²) in [5.41, 5.74) is 0. The van der Waals surface area contributed by atoms with Gasteiger partial charge in [-0.1, -0.05) is 141 Å². The van der Waals surface area contributed by atoms with Crippen LogP contribution in [0.5, 0.6) is 0 Å². The fourth-order valence-corrected chi connectivity index (χ4v) is 6.88. The summed E-state index contributed by atoms with van der Waals surface area (Å²) in [6.45, 7) is 7.53. The molecule has 9 heteroatoms. The number of rotatable bonds is 39. The molecule has 9 nitrogen and oxygen atoms in total. The molecule has 1 heterocycles. The lowest BCUT2D eigenvalue weighted by molar-refractivity contribution is -0.154. The molecule has 0 saturated carbocycles. The summed E-state index contributed by atoms with van der Waals surface area (Å²) in [5.74, 6) is -0.411. The van der Waals surface area contributed by atoms with E-state index in [4.69, 9.17) is 23.7 Å².